The number of esters is 1. The number of rotatable bonds is 6. The van der Waals surface area contributed by atoms with Gasteiger partial charge in [-0.1, -0.05) is 0 Å². The molecular formula is C19H21NO5S. The molecule has 0 bridgehead atoms. The van der Waals surface area contributed by atoms with Crippen molar-refractivity contribution in [3.05, 3.63) is 39.7 Å². The fraction of sp³-hybridized carbons (Fsp3) is 0.421. The van der Waals surface area contributed by atoms with Crippen molar-refractivity contribution >= 4 is 34.6 Å². The molecule has 1 aliphatic rings. The summed E-state index contributed by atoms with van der Waals surface area (Å²) in [6.07, 6.45) is 4.97. The maximum absolute atomic E-state index is 12.4. The Bertz CT molecular complexity index is 905. The quantitative estimate of drug-likeness (QED) is 0.474. The Balaban J connectivity index is 1.84. The van der Waals surface area contributed by atoms with Gasteiger partial charge in [-0.05, 0) is 55.4 Å². The monoisotopic (exact) mass is 375 g/mol. The summed E-state index contributed by atoms with van der Waals surface area (Å²) in [5.41, 5.74) is 1.89. The second kappa shape index (κ2) is 7.95. The van der Waals surface area contributed by atoms with Crippen molar-refractivity contribution in [2.75, 3.05) is 12.0 Å². The lowest BCUT2D eigenvalue weighted by Crippen LogP contribution is -2.42. The summed E-state index contributed by atoms with van der Waals surface area (Å²) in [5, 5.41) is 3.50. The first-order valence-electron chi connectivity index (χ1n) is 8.56. The lowest BCUT2D eigenvalue weighted by atomic mass is 10.1. The van der Waals surface area contributed by atoms with Gasteiger partial charge in [-0.3, -0.25) is 4.79 Å². The predicted molar refractivity (Wildman–Crippen MR) is 101 cm³/mol. The van der Waals surface area contributed by atoms with Gasteiger partial charge in [0, 0.05) is 23.9 Å². The summed E-state index contributed by atoms with van der Waals surface area (Å²) in [6, 6.07) is 4.37. The summed E-state index contributed by atoms with van der Waals surface area (Å²) in [4.78, 5) is 35.8. The van der Waals surface area contributed by atoms with Crippen LogP contribution in [0.3, 0.4) is 0 Å². The van der Waals surface area contributed by atoms with E-state index in [-0.39, 0.29) is 11.5 Å². The molecule has 0 unspecified atom stereocenters. The second-order valence-electron chi connectivity index (χ2n) is 6.31. The number of fused-ring (bicyclic) bond motifs is 3. The van der Waals surface area contributed by atoms with Crippen LogP contribution in [0.5, 0.6) is 5.75 Å². The molecule has 1 atom stereocenters. The van der Waals surface area contributed by atoms with E-state index in [9.17, 15) is 14.4 Å². The van der Waals surface area contributed by atoms with Gasteiger partial charge >= 0.3 is 11.6 Å². The molecule has 0 fully saturated rings. The average molecular weight is 375 g/mol. The Hall–Kier alpha value is -2.28. The number of amides is 1. The Kier molecular flexibility index (Phi) is 5.66. The molecule has 0 aliphatic heterocycles. The van der Waals surface area contributed by atoms with Gasteiger partial charge in [0.2, 0.25) is 5.91 Å². The number of hydrogen-bond acceptors (Lipinski definition) is 6. The van der Waals surface area contributed by atoms with Crippen molar-refractivity contribution in [2.45, 2.75) is 38.6 Å². The van der Waals surface area contributed by atoms with Crippen molar-refractivity contribution in [3.8, 4) is 5.75 Å². The number of aryl methyl sites for hydroxylation is 1. The van der Waals surface area contributed by atoms with E-state index in [4.69, 9.17) is 9.15 Å². The van der Waals surface area contributed by atoms with Crippen LogP contribution >= 0.6 is 11.8 Å². The van der Waals surface area contributed by atoms with E-state index >= 15 is 0 Å². The predicted octanol–water partition coefficient (Wildman–Crippen LogP) is 2.44. The number of thioether (sulfide) groups is 1. The number of benzene rings is 1. The van der Waals surface area contributed by atoms with Crippen molar-refractivity contribution in [3.63, 3.8) is 0 Å². The molecule has 1 N–H and O–H groups in total. The van der Waals surface area contributed by atoms with Gasteiger partial charge in [-0.2, -0.15) is 11.8 Å². The lowest BCUT2D eigenvalue weighted by Gasteiger charge is -2.16. The minimum absolute atomic E-state index is 0.284. The number of carbonyl (C=O) groups excluding carboxylic acids is 2. The molecule has 26 heavy (non-hydrogen) atoms. The number of ether oxygens (including phenoxy) is 1. The van der Waals surface area contributed by atoms with Gasteiger partial charge in [-0.15, -0.1) is 0 Å². The topological polar surface area (TPSA) is 85.6 Å². The van der Waals surface area contributed by atoms with Gasteiger partial charge in [-0.25, -0.2) is 9.59 Å². The van der Waals surface area contributed by atoms with E-state index in [0.29, 0.717) is 17.8 Å². The Morgan fingerprint density at radius 3 is 2.81 bits per heavy atom. The fourth-order valence-electron chi connectivity index (χ4n) is 3.24. The summed E-state index contributed by atoms with van der Waals surface area (Å²) < 4.78 is 10.8. The third-order valence-corrected chi connectivity index (χ3v) is 5.08. The molecule has 1 aliphatic carbocycles. The maximum Gasteiger partial charge on any atom is 0.339 e. The first kappa shape index (κ1) is 18.5. The zero-order valence-electron chi connectivity index (χ0n) is 14.8. The van der Waals surface area contributed by atoms with Crippen molar-refractivity contribution < 1.29 is 18.7 Å². The lowest BCUT2D eigenvalue weighted by molar-refractivity contribution is -0.139. The molecule has 1 amide bonds. The summed E-state index contributed by atoms with van der Waals surface area (Å²) in [7, 11) is 0. The highest BCUT2D eigenvalue weighted by Crippen LogP contribution is 2.29. The van der Waals surface area contributed by atoms with Gasteiger partial charge in [0.15, 0.2) is 0 Å². The smallest absolute Gasteiger partial charge is 0.339 e. The Morgan fingerprint density at radius 2 is 2.08 bits per heavy atom. The van der Waals surface area contributed by atoms with Crippen molar-refractivity contribution in [1.82, 2.24) is 5.32 Å². The maximum atomic E-state index is 12.4. The van der Waals surface area contributed by atoms with E-state index in [0.717, 1.165) is 41.5 Å². The van der Waals surface area contributed by atoms with Gasteiger partial charge in [0.05, 0.1) is 0 Å². The van der Waals surface area contributed by atoms with Crippen LogP contribution in [0.1, 0.15) is 30.9 Å². The fourth-order valence-corrected chi connectivity index (χ4v) is 3.72. The minimum atomic E-state index is -0.706. The molecule has 0 saturated heterocycles. The third-order valence-electron chi connectivity index (χ3n) is 4.44. The highest BCUT2D eigenvalue weighted by molar-refractivity contribution is 7.98. The highest BCUT2D eigenvalue weighted by atomic mass is 32.2. The summed E-state index contributed by atoms with van der Waals surface area (Å²) in [6.45, 7) is 1.37. The molecule has 1 aromatic carbocycles. The van der Waals surface area contributed by atoms with Crippen LogP contribution in [0, 0.1) is 0 Å². The summed E-state index contributed by atoms with van der Waals surface area (Å²) in [5.74, 6) is 0.201. The van der Waals surface area contributed by atoms with Crippen LogP contribution in [-0.4, -0.2) is 29.9 Å². The first-order chi connectivity index (χ1) is 12.5. The third kappa shape index (κ3) is 3.93. The molecule has 0 saturated carbocycles. The van der Waals surface area contributed by atoms with E-state index in [2.05, 4.69) is 5.32 Å². The number of nitrogens with one attached hydrogen (secondary N) is 1. The minimum Gasteiger partial charge on any atom is -0.425 e. The SMILES string of the molecule is CSCC[C@H](NC(C)=O)C(=O)Oc1ccc2c3c(c(=O)oc2c1)CCC3. The highest BCUT2D eigenvalue weighted by Gasteiger charge is 2.23. The Labute approximate surface area is 155 Å². The zero-order valence-corrected chi connectivity index (χ0v) is 15.6. The molecule has 2 aromatic rings. The first-order valence-corrected chi connectivity index (χ1v) is 9.95. The average Bonchev–Trinajstić information content (AvgIpc) is 3.08. The molecule has 3 rings (SSSR count). The Morgan fingerprint density at radius 1 is 1.31 bits per heavy atom. The van der Waals surface area contributed by atoms with Crippen LogP contribution in [0.2, 0.25) is 0 Å². The zero-order chi connectivity index (χ0) is 18.7. The van der Waals surface area contributed by atoms with Gasteiger partial charge < -0.3 is 14.5 Å². The normalized spacial score (nSPS) is 14.1. The number of hydrogen-bond donors (Lipinski definition) is 1. The molecule has 138 valence electrons. The van der Waals surface area contributed by atoms with Crippen molar-refractivity contribution in [2.24, 2.45) is 0 Å². The van der Waals surface area contributed by atoms with Crippen LogP contribution in [0.15, 0.2) is 27.4 Å². The van der Waals surface area contributed by atoms with Gasteiger partial charge in [0.1, 0.15) is 17.4 Å². The molecule has 0 radical (unpaired) electrons. The van der Waals surface area contributed by atoms with Crippen molar-refractivity contribution in [1.29, 1.82) is 0 Å². The van der Waals surface area contributed by atoms with Gasteiger partial charge in [0.25, 0.3) is 0 Å². The van der Waals surface area contributed by atoms with E-state index in [1.807, 2.05) is 12.3 Å². The van der Waals surface area contributed by atoms with E-state index in [1.165, 1.54) is 6.92 Å². The molecule has 1 aromatic heterocycles. The second-order valence-corrected chi connectivity index (χ2v) is 7.30. The largest absolute Gasteiger partial charge is 0.425 e. The van der Waals surface area contributed by atoms with Crippen LogP contribution in [0.25, 0.3) is 11.0 Å². The molecule has 0 spiro atoms. The molecular weight excluding hydrogens is 354 g/mol. The van der Waals surface area contributed by atoms with Crippen LogP contribution in [0.4, 0.5) is 0 Å². The number of carbonyl (C=O) groups is 2. The molecule has 6 nitrogen and oxygen atoms in total. The molecule has 7 heteroatoms. The standard InChI is InChI=1S/C19H21NO5S/c1-11(21)20-16(8-9-26-2)19(23)24-12-6-7-14-13-4-3-5-15(13)18(22)25-17(14)10-12/h6-7,10,16H,3-5,8-9H2,1-2H3,(H,20,21)/t16-/m0/s1. The van der Waals surface area contributed by atoms with Crippen LogP contribution in [-0.2, 0) is 22.4 Å². The molecule has 1 heterocycles. The van der Waals surface area contributed by atoms with Crippen LogP contribution < -0.4 is 15.7 Å². The van der Waals surface area contributed by atoms with E-state index < -0.39 is 12.0 Å². The summed E-state index contributed by atoms with van der Waals surface area (Å²) >= 11 is 1.59. The van der Waals surface area contributed by atoms with E-state index in [1.54, 1.807) is 23.9 Å².